The Hall–Kier alpha value is -1.74. The number of hydrogen-bond acceptors (Lipinski definition) is 6. The zero-order chi connectivity index (χ0) is 18.6. The summed E-state index contributed by atoms with van der Waals surface area (Å²) in [4.78, 5) is 39.2. The monoisotopic (exact) mass is 395 g/mol. The van der Waals surface area contributed by atoms with Crippen molar-refractivity contribution in [1.82, 2.24) is 15.6 Å². The van der Waals surface area contributed by atoms with Crippen LogP contribution in [0.15, 0.2) is 35.7 Å². The second kappa shape index (κ2) is 9.45. The van der Waals surface area contributed by atoms with E-state index in [1.807, 2.05) is 6.07 Å². The van der Waals surface area contributed by atoms with Crippen molar-refractivity contribution in [2.45, 2.75) is 32.4 Å². The molecule has 9 heteroatoms. The number of nitrogens with one attached hydrogen (secondary N) is 2. The number of thiazole rings is 1. The summed E-state index contributed by atoms with van der Waals surface area (Å²) < 4.78 is 0. The molecule has 7 nitrogen and oxygen atoms in total. The number of rotatable bonds is 8. The third-order valence-electron chi connectivity index (χ3n) is 4.29. The molecule has 0 spiro atoms. The van der Waals surface area contributed by atoms with Gasteiger partial charge in [0, 0.05) is 28.7 Å². The third kappa shape index (κ3) is 5.87. The number of nitrogens with zero attached hydrogens (tertiary/aromatic N) is 1. The molecule has 1 heterocycles. The van der Waals surface area contributed by atoms with E-state index in [1.54, 1.807) is 29.6 Å². The average molecular weight is 395 g/mol. The number of carboxylic acid groups (broad SMARTS) is 1. The van der Waals surface area contributed by atoms with Crippen LogP contribution in [0.25, 0.3) is 0 Å². The first-order valence-electron chi connectivity index (χ1n) is 8.23. The molecule has 1 aliphatic rings. The standard InChI is InChI=1S/C18H19N3O4S.Na/c22-14(8-18(6-7-18)17(24)25)19-9-13-11-26-15(21-13)10-20-16(23)12-4-2-1-3-5-12;/h1-5,11H,6-10H2,(H,19,22)(H,20,23)(H,24,25);/q;+1/p-1. The number of carbonyl (C=O) groups excluding carboxylic acids is 3. The van der Waals surface area contributed by atoms with E-state index >= 15 is 0 Å². The summed E-state index contributed by atoms with van der Waals surface area (Å²) in [6, 6.07) is 8.90. The molecule has 3 rings (SSSR count). The largest absolute Gasteiger partial charge is 1.00 e. The summed E-state index contributed by atoms with van der Waals surface area (Å²) in [5, 5.41) is 19.0. The van der Waals surface area contributed by atoms with Crippen LogP contribution >= 0.6 is 11.3 Å². The topological polar surface area (TPSA) is 111 Å². The van der Waals surface area contributed by atoms with Crippen molar-refractivity contribution in [1.29, 1.82) is 0 Å². The molecule has 0 unspecified atom stereocenters. The minimum absolute atomic E-state index is 0. The maximum Gasteiger partial charge on any atom is 1.00 e. The minimum Gasteiger partial charge on any atom is -0.550 e. The first kappa shape index (κ1) is 21.6. The maximum absolute atomic E-state index is 12.0. The molecule has 27 heavy (non-hydrogen) atoms. The summed E-state index contributed by atoms with van der Waals surface area (Å²) >= 11 is 1.39. The van der Waals surface area contributed by atoms with Crippen molar-refractivity contribution >= 4 is 29.1 Å². The van der Waals surface area contributed by atoms with Gasteiger partial charge in [-0.3, -0.25) is 9.59 Å². The van der Waals surface area contributed by atoms with Crippen LogP contribution in [0.3, 0.4) is 0 Å². The molecule has 1 aromatic carbocycles. The molecular formula is C18H18N3NaO4S. The van der Waals surface area contributed by atoms with Gasteiger partial charge < -0.3 is 20.5 Å². The first-order chi connectivity index (χ1) is 12.5. The van der Waals surface area contributed by atoms with Crippen LogP contribution in [0.2, 0.25) is 0 Å². The predicted molar refractivity (Wildman–Crippen MR) is 92.9 cm³/mol. The van der Waals surface area contributed by atoms with Crippen LogP contribution in [-0.2, 0) is 22.7 Å². The van der Waals surface area contributed by atoms with E-state index in [0.717, 1.165) is 5.01 Å². The van der Waals surface area contributed by atoms with Crippen LogP contribution in [-0.4, -0.2) is 22.8 Å². The molecule has 1 saturated carbocycles. The van der Waals surface area contributed by atoms with E-state index in [2.05, 4.69) is 15.6 Å². The Bertz CT molecular complexity index is 821. The van der Waals surface area contributed by atoms with Crippen molar-refractivity contribution in [2.75, 3.05) is 0 Å². The zero-order valence-corrected chi connectivity index (χ0v) is 17.8. The predicted octanol–water partition coefficient (Wildman–Crippen LogP) is -2.39. The number of aliphatic carboxylic acids is 1. The summed E-state index contributed by atoms with van der Waals surface area (Å²) in [5.74, 6) is -1.65. The van der Waals surface area contributed by atoms with E-state index in [1.165, 1.54) is 11.3 Å². The van der Waals surface area contributed by atoms with Gasteiger partial charge >= 0.3 is 29.6 Å². The van der Waals surface area contributed by atoms with Crippen molar-refractivity contribution in [3.8, 4) is 0 Å². The number of amides is 2. The van der Waals surface area contributed by atoms with E-state index in [4.69, 9.17) is 0 Å². The van der Waals surface area contributed by atoms with Gasteiger partial charge in [-0.05, 0) is 25.0 Å². The Labute approximate surface area is 182 Å². The maximum atomic E-state index is 12.0. The number of carbonyl (C=O) groups is 3. The number of hydrogen-bond donors (Lipinski definition) is 2. The van der Waals surface area contributed by atoms with Gasteiger partial charge in [0.25, 0.3) is 5.91 Å². The Morgan fingerprint density at radius 3 is 2.44 bits per heavy atom. The molecule has 0 saturated heterocycles. The van der Waals surface area contributed by atoms with Gasteiger partial charge in [-0.2, -0.15) is 0 Å². The summed E-state index contributed by atoms with van der Waals surface area (Å²) in [6.45, 7) is 0.533. The van der Waals surface area contributed by atoms with E-state index in [-0.39, 0.29) is 54.3 Å². The molecule has 1 aliphatic carbocycles. The van der Waals surface area contributed by atoms with Crippen LogP contribution < -0.4 is 45.3 Å². The second-order valence-corrected chi connectivity index (χ2v) is 7.25. The summed E-state index contributed by atoms with van der Waals surface area (Å²) in [6.07, 6.45) is 0.925. The molecule has 2 aromatic rings. The Morgan fingerprint density at radius 2 is 1.81 bits per heavy atom. The van der Waals surface area contributed by atoms with Crippen molar-refractivity contribution in [2.24, 2.45) is 5.41 Å². The SMILES string of the molecule is O=C(CC1(C(=O)[O-])CC1)NCc1csc(CNC(=O)c2ccccc2)n1.[Na+]. The Kier molecular flexibility index (Phi) is 7.55. The minimum atomic E-state index is -1.15. The molecule has 1 aromatic heterocycles. The molecule has 0 aliphatic heterocycles. The van der Waals surface area contributed by atoms with E-state index in [9.17, 15) is 19.5 Å². The summed E-state index contributed by atoms with van der Waals surface area (Å²) in [5.41, 5.74) is 0.281. The Balaban J connectivity index is 0.00000261. The fourth-order valence-corrected chi connectivity index (χ4v) is 3.26. The van der Waals surface area contributed by atoms with Crippen LogP contribution in [0.1, 0.15) is 40.3 Å². The number of carboxylic acids is 1. The molecule has 2 N–H and O–H groups in total. The van der Waals surface area contributed by atoms with Gasteiger partial charge in [0.05, 0.1) is 18.8 Å². The van der Waals surface area contributed by atoms with Crippen molar-refractivity contribution in [3.63, 3.8) is 0 Å². The molecule has 136 valence electrons. The summed E-state index contributed by atoms with van der Waals surface area (Å²) in [7, 11) is 0. The second-order valence-electron chi connectivity index (χ2n) is 6.30. The Morgan fingerprint density at radius 1 is 1.11 bits per heavy atom. The van der Waals surface area contributed by atoms with Gasteiger partial charge in [0.2, 0.25) is 5.91 Å². The van der Waals surface area contributed by atoms with E-state index in [0.29, 0.717) is 30.6 Å². The van der Waals surface area contributed by atoms with Gasteiger partial charge in [0.1, 0.15) is 5.01 Å². The fourth-order valence-electron chi connectivity index (χ4n) is 2.52. The fraction of sp³-hybridized carbons (Fsp3) is 0.333. The third-order valence-corrected chi connectivity index (χ3v) is 5.19. The van der Waals surface area contributed by atoms with Gasteiger partial charge in [-0.1, -0.05) is 18.2 Å². The van der Waals surface area contributed by atoms with Gasteiger partial charge in [-0.25, -0.2) is 4.98 Å². The number of benzene rings is 1. The number of aromatic nitrogens is 1. The van der Waals surface area contributed by atoms with Crippen LogP contribution in [0.5, 0.6) is 0 Å². The molecule has 1 fully saturated rings. The quantitative estimate of drug-likeness (QED) is 0.485. The van der Waals surface area contributed by atoms with Gasteiger partial charge in [0.15, 0.2) is 0 Å². The van der Waals surface area contributed by atoms with Crippen molar-refractivity contribution < 1.29 is 49.0 Å². The molecule has 0 atom stereocenters. The van der Waals surface area contributed by atoms with Gasteiger partial charge in [-0.15, -0.1) is 11.3 Å². The smallest absolute Gasteiger partial charge is 0.550 e. The van der Waals surface area contributed by atoms with Crippen LogP contribution in [0.4, 0.5) is 0 Å². The normalized spacial score (nSPS) is 13.9. The zero-order valence-electron chi connectivity index (χ0n) is 15.0. The van der Waals surface area contributed by atoms with Crippen molar-refractivity contribution in [3.05, 3.63) is 52.0 Å². The average Bonchev–Trinajstić information content (AvgIpc) is 3.28. The molecule has 0 radical (unpaired) electrons. The van der Waals surface area contributed by atoms with E-state index < -0.39 is 11.4 Å². The first-order valence-corrected chi connectivity index (χ1v) is 9.11. The molecule has 0 bridgehead atoms. The molecule has 2 amide bonds. The molecular weight excluding hydrogens is 377 g/mol. The van der Waals surface area contributed by atoms with Crippen LogP contribution in [0, 0.1) is 5.41 Å².